The molecule has 1 saturated heterocycles. The van der Waals surface area contributed by atoms with E-state index in [0.717, 1.165) is 38.6 Å². The maximum absolute atomic E-state index is 12.5. The van der Waals surface area contributed by atoms with E-state index < -0.39 is 10.2 Å². The van der Waals surface area contributed by atoms with E-state index in [1.807, 2.05) is 7.05 Å². The average Bonchev–Trinajstić information content (AvgIpc) is 2.39. The summed E-state index contributed by atoms with van der Waals surface area (Å²) in [7, 11) is 0.367. The summed E-state index contributed by atoms with van der Waals surface area (Å²) >= 11 is 0. The zero-order valence-corrected chi connectivity index (χ0v) is 13.4. The van der Waals surface area contributed by atoms with Crippen LogP contribution in [-0.4, -0.2) is 57.3 Å². The molecule has 0 amide bonds. The second kappa shape index (κ2) is 8.19. The molecule has 0 aromatic carbocycles. The van der Waals surface area contributed by atoms with Crippen LogP contribution in [-0.2, 0) is 10.2 Å². The SMILES string of the molecule is CCCCCN(C)S(=O)(=O)N1CCCC(CNC)C1. The summed E-state index contributed by atoms with van der Waals surface area (Å²) in [5, 5.41) is 3.15. The van der Waals surface area contributed by atoms with Crippen molar-refractivity contribution in [2.75, 3.05) is 40.3 Å². The lowest BCUT2D eigenvalue weighted by atomic mass is 10.00. The van der Waals surface area contributed by atoms with Crippen molar-refractivity contribution < 1.29 is 8.42 Å². The summed E-state index contributed by atoms with van der Waals surface area (Å²) in [6.45, 7) is 4.97. The topological polar surface area (TPSA) is 52.7 Å². The molecule has 0 spiro atoms. The molecule has 1 N–H and O–H groups in total. The molecule has 1 heterocycles. The molecule has 19 heavy (non-hydrogen) atoms. The zero-order chi connectivity index (χ0) is 14.3. The first-order valence-electron chi connectivity index (χ1n) is 7.38. The summed E-state index contributed by atoms with van der Waals surface area (Å²) in [5.41, 5.74) is 0. The van der Waals surface area contributed by atoms with Crippen molar-refractivity contribution >= 4 is 10.2 Å². The van der Waals surface area contributed by atoms with Crippen LogP contribution in [0.2, 0.25) is 0 Å². The molecule has 0 saturated carbocycles. The molecule has 114 valence electrons. The summed E-state index contributed by atoms with van der Waals surface area (Å²) in [5.74, 6) is 0.442. The van der Waals surface area contributed by atoms with E-state index in [0.29, 0.717) is 25.6 Å². The third kappa shape index (κ3) is 5.02. The van der Waals surface area contributed by atoms with Gasteiger partial charge in [0, 0.05) is 26.7 Å². The number of nitrogens with zero attached hydrogens (tertiary/aromatic N) is 2. The molecule has 1 aliphatic rings. The first-order chi connectivity index (χ1) is 9.02. The lowest BCUT2D eigenvalue weighted by molar-refractivity contribution is 0.248. The average molecular weight is 291 g/mol. The monoisotopic (exact) mass is 291 g/mol. The predicted molar refractivity (Wildman–Crippen MR) is 79.3 cm³/mol. The molecule has 0 aromatic heterocycles. The Balaban J connectivity index is 2.55. The van der Waals surface area contributed by atoms with E-state index in [-0.39, 0.29) is 0 Å². The zero-order valence-electron chi connectivity index (χ0n) is 12.6. The van der Waals surface area contributed by atoms with Gasteiger partial charge < -0.3 is 5.32 Å². The lowest BCUT2D eigenvalue weighted by Gasteiger charge is -2.34. The maximum Gasteiger partial charge on any atom is 0.281 e. The number of rotatable bonds is 8. The van der Waals surface area contributed by atoms with E-state index in [4.69, 9.17) is 0 Å². The van der Waals surface area contributed by atoms with Crippen molar-refractivity contribution in [2.24, 2.45) is 5.92 Å². The van der Waals surface area contributed by atoms with Crippen molar-refractivity contribution in [3.63, 3.8) is 0 Å². The Morgan fingerprint density at radius 3 is 2.74 bits per heavy atom. The fourth-order valence-corrected chi connectivity index (χ4v) is 4.10. The van der Waals surface area contributed by atoms with Gasteiger partial charge in [-0.15, -0.1) is 0 Å². The highest BCUT2D eigenvalue weighted by molar-refractivity contribution is 7.86. The van der Waals surface area contributed by atoms with Crippen molar-refractivity contribution in [2.45, 2.75) is 39.0 Å². The number of nitrogens with one attached hydrogen (secondary N) is 1. The van der Waals surface area contributed by atoms with Crippen LogP contribution in [0.25, 0.3) is 0 Å². The van der Waals surface area contributed by atoms with Gasteiger partial charge in [-0.2, -0.15) is 17.0 Å². The van der Waals surface area contributed by atoms with Crippen LogP contribution >= 0.6 is 0 Å². The van der Waals surface area contributed by atoms with E-state index in [2.05, 4.69) is 12.2 Å². The van der Waals surface area contributed by atoms with Gasteiger partial charge in [-0.3, -0.25) is 0 Å². The van der Waals surface area contributed by atoms with Crippen molar-refractivity contribution in [3.05, 3.63) is 0 Å². The van der Waals surface area contributed by atoms with Gasteiger partial charge >= 0.3 is 0 Å². The van der Waals surface area contributed by atoms with Gasteiger partial charge in [-0.05, 0) is 38.8 Å². The third-order valence-electron chi connectivity index (χ3n) is 3.77. The first kappa shape index (κ1) is 16.9. The van der Waals surface area contributed by atoms with Crippen LogP contribution in [0.15, 0.2) is 0 Å². The van der Waals surface area contributed by atoms with Gasteiger partial charge in [-0.1, -0.05) is 19.8 Å². The highest BCUT2D eigenvalue weighted by Crippen LogP contribution is 2.20. The van der Waals surface area contributed by atoms with Crippen LogP contribution in [0.4, 0.5) is 0 Å². The molecule has 0 aromatic rings. The predicted octanol–water partition coefficient (Wildman–Crippen LogP) is 1.28. The smallest absolute Gasteiger partial charge is 0.281 e. The van der Waals surface area contributed by atoms with Crippen molar-refractivity contribution in [1.82, 2.24) is 13.9 Å². The van der Waals surface area contributed by atoms with Gasteiger partial charge in [0.1, 0.15) is 0 Å². The van der Waals surface area contributed by atoms with Gasteiger partial charge in [0.15, 0.2) is 0 Å². The normalized spacial score (nSPS) is 22.0. The highest BCUT2D eigenvalue weighted by Gasteiger charge is 2.31. The second-order valence-electron chi connectivity index (χ2n) is 5.46. The molecule has 6 heteroatoms. The van der Waals surface area contributed by atoms with Gasteiger partial charge in [0.2, 0.25) is 0 Å². The Labute approximate surface area is 118 Å². The van der Waals surface area contributed by atoms with Crippen LogP contribution in [0, 0.1) is 5.92 Å². The fourth-order valence-electron chi connectivity index (χ4n) is 2.59. The van der Waals surface area contributed by atoms with Crippen LogP contribution in [0.3, 0.4) is 0 Å². The first-order valence-corrected chi connectivity index (χ1v) is 8.78. The van der Waals surface area contributed by atoms with Crippen LogP contribution < -0.4 is 5.32 Å². The molecule has 1 unspecified atom stereocenters. The van der Waals surface area contributed by atoms with Crippen LogP contribution in [0.5, 0.6) is 0 Å². The Bertz CT molecular complexity index is 344. The minimum Gasteiger partial charge on any atom is -0.319 e. The Morgan fingerprint density at radius 2 is 2.11 bits per heavy atom. The van der Waals surface area contributed by atoms with Gasteiger partial charge in [-0.25, -0.2) is 0 Å². The Hall–Kier alpha value is -0.170. The number of piperidine rings is 1. The van der Waals surface area contributed by atoms with E-state index in [1.54, 1.807) is 11.4 Å². The molecular weight excluding hydrogens is 262 g/mol. The van der Waals surface area contributed by atoms with E-state index >= 15 is 0 Å². The molecule has 1 fully saturated rings. The second-order valence-corrected chi connectivity index (χ2v) is 7.50. The fraction of sp³-hybridized carbons (Fsp3) is 1.00. The largest absolute Gasteiger partial charge is 0.319 e. The Kier molecular flexibility index (Phi) is 7.28. The minimum absolute atomic E-state index is 0.442. The van der Waals surface area contributed by atoms with Crippen LogP contribution in [0.1, 0.15) is 39.0 Å². The molecule has 0 radical (unpaired) electrons. The number of unbranched alkanes of at least 4 members (excludes halogenated alkanes) is 2. The number of hydrogen-bond acceptors (Lipinski definition) is 3. The molecular formula is C13H29N3O2S. The summed E-state index contributed by atoms with van der Waals surface area (Å²) < 4.78 is 28.1. The molecule has 1 rings (SSSR count). The molecule has 1 atom stereocenters. The summed E-state index contributed by atoms with van der Waals surface area (Å²) in [6, 6.07) is 0. The summed E-state index contributed by atoms with van der Waals surface area (Å²) in [4.78, 5) is 0. The minimum atomic E-state index is -3.25. The van der Waals surface area contributed by atoms with Gasteiger partial charge in [0.05, 0.1) is 0 Å². The highest BCUT2D eigenvalue weighted by atomic mass is 32.2. The quantitative estimate of drug-likeness (QED) is 0.686. The standard InChI is InChI=1S/C13H29N3O2S/c1-4-5-6-9-15(3)19(17,18)16-10-7-8-13(12-16)11-14-2/h13-14H,4-12H2,1-3H3. The van der Waals surface area contributed by atoms with E-state index in [9.17, 15) is 8.42 Å². The van der Waals surface area contributed by atoms with Crippen molar-refractivity contribution in [1.29, 1.82) is 0 Å². The molecule has 5 nitrogen and oxygen atoms in total. The molecule has 0 bridgehead atoms. The van der Waals surface area contributed by atoms with E-state index in [1.165, 1.54) is 4.31 Å². The number of hydrogen-bond donors (Lipinski definition) is 1. The third-order valence-corrected chi connectivity index (χ3v) is 5.73. The lowest BCUT2D eigenvalue weighted by Crippen LogP contribution is -2.48. The molecule has 1 aliphatic heterocycles. The summed E-state index contributed by atoms with van der Waals surface area (Å²) in [6.07, 6.45) is 5.23. The Morgan fingerprint density at radius 1 is 1.37 bits per heavy atom. The maximum atomic E-state index is 12.5. The van der Waals surface area contributed by atoms with Gasteiger partial charge in [0.25, 0.3) is 10.2 Å². The molecule has 0 aliphatic carbocycles. The van der Waals surface area contributed by atoms with Crippen molar-refractivity contribution in [3.8, 4) is 0 Å².